The summed E-state index contributed by atoms with van der Waals surface area (Å²) in [5.41, 5.74) is -0.550. The van der Waals surface area contributed by atoms with Crippen molar-refractivity contribution in [2.24, 2.45) is 0 Å². The summed E-state index contributed by atoms with van der Waals surface area (Å²) in [6.45, 7) is 5.25. The number of carbonyl (C=O) groups is 1. The first-order chi connectivity index (χ1) is 5.44. The Hall–Kier alpha value is -0.640. The highest BCUT2D eigenvalue weighted by Crippen LogP contribution is 2.17. The minimum absolute atomic E-state index is 0.0955. The number of nitrogens with zero attached hydrogens (tertiary/aromatic N) is 2. The van der Waals surface area contributed by atoms with Crippen LogP contribution in [0.3, 0.4) is 0 Å². The predicted octanol–water partition coefficient (Wildman–Crippen LogP) is 1.97. The Balaban J connectivity index is 3.05. The van der Waals surface area contributed by atoms with Crippen molar-refractivity contribution in [3.63, 3.8) is 0 Å². The van der Waals surface area contributed by atoms with Crippen LogP contribution >= 0.6 is 15.9 Å². The van der Waals surface area contributed by atoms with Gasteiger partial charge in [-0.15, -0.1) is 0 Å². The van der Waals surface area contributed by atoms with Crippen LogP contribution in [-0.4, -0.2) is 15.6 Å². The van der Waals surface area contributed by atoms with Gasteiger partial charge in [-0.25, -0.2) is 0 Å². The van der Waals surface area contributed by atoms with Crippen LogP contribution in [0, 0.1) is 0 Å². The van der Waals surface area contributed by atoms with Crippen molar-refractivity contribution in [2.75, 3.05) is 0 Å². The highest BCUT2D eigenvalue weighted by atomic mass is 79.9. The lowest BCUT2D eigenvalue weighted by Crippen LogP contribution is -2.34. The quantitative estimate of drug-likeness (QED) is 0.779. The molecule has 1 heterocycles. The van der Waals surface area contributed by atoms with Crippen molar-refractivity contribution in [1.29, 1.82) is 0 Å². The third-order valence-corrected chi connectivity index (χ3v) is 2.39. The van der Waals surface area contributed by atoms with Gasteiger partial charge < -0.3 is 0 Å². The maximum absolute atomic E-state index is 11.2. The maximum atomic E-state index is 11.2. The van der Waals surface area contributed by atoms with Crippen LogP contribution in [0.2, 0.25) is 0 Å². The zero-order valence-corrected chi connectivity index (χ0v) is 8.92. The molecule has 1 aromatic heterocycles. The van der Waals surface area contributed by atoms with E-state index in [0.717, 1.165) is 4.47 Å². The number of rotatable bonds is 2. The molecule has 0 radical (unpaired) electrons. The summed E-state index contributed by atoms with van der Waals surface area (Å²) in [6, 6.07) is 0. The highest BCUT2D eigenvalue weighted by molar-refractivity contribution is 9.10. The number of ketones is 1. The van der Waals surface area contributed by atoms with Crippen molar-refractivity contribution in [3.05, 3.63) is 16.9 Å². The molecule has 0 spiro atoms. The molecule has 0 fully saturated rings. The molecule has 0 aromatic carbocycles. The van der Waals surface area contributed by atoms with Crippen LogP contribution in [-0.2, 0) is 10.3 Å². The van der Waals surface area contributed by atoms with Gasteiger partial charge in [-0.1, -0.05) is 0 Å². The number of halogens is 1. The van der Waals surface area contributed by atoms with Crippen LogP contribution < -0.4 is 0 Å². The average Bonchev–Trinajstić information content (AvgIpc) is 2.35. The van der Waals surface area contributed by atoms with Gasteiger partial charge in [0.25, 0.3) is 0 Å². The zero-order valence-electron chi connectivity index (χ0n) is 7.34. The molecule has 0 saturated carbocycles. The summed E-state index contributed by atoms with van der Waals surface area (Å²) in [5, 5.41) is 4.06. The van der Waals surface area contributed by atoms with E-state index >= 15 is 0 Å². The first kappa shape index (κ1) is 9.45. The lowest BCUT2D eigenvalue weighted by atomic mass is 10.0. The van der Waals surface area contributed by atoms with E-state index in [2.05, 4.69) is 21.0 Å². The normalized spacial score (nSPS) is 11.7. The first-order valence-corrected chi connectivity index (χ1v) is 4.45. The van der Waals surface area contributed by atoms with Gasteiger partial charge in [0.1, 0.15) is 5.54 Å². The Bertz CT molecular complexity index is 304. The van der Waals surface area contributed by atoms with Gasteiger partial charge in [0.2, 0.25) is 0 Å². The Labute approximate surface area is 79.9 Å². The second kappa shape index (κ2) is 3.01. The zero-order chi connectivity index (χ0) is 9.35. The fraction of sp³-hybridized carbons (Fsp3) is 0.500. The van der Waals surface area contributed by atoms with Crippen LogP contribution in [0.25, 0.3) is 0 Å². The molecule has 12 heavy (non-hydrogen) atoms. The predicted molar refractivity (Wildman–Crippen MR) is 49.9 cm³/mol. The SMILES string of the molecule is CC(=O)C(C)(C)n1cc(Br)cn1. The second-order valence-corrected chi connectivity index (χ2v) is 4.13. The van der Waals surface area contributed by atoms with Crippen LogP contribution in [0.1, 0.15) is 20.8 Å². The monoisotopic (exact) mass is 230 g/mol. The van der Waals surface area contributed by atoms with Gasteiger partial charge in [-0.2, -0.15) is 5.10 Å². The number of carbonyl (C=O) groups excluding carboxylic acids is 1. The summed E-state index contributed by atoms with van der Waals surface area (Å²) in [5.74, 6) is 0.0955. The van der Waals surface area contributed by atoms with E-state index in [9.17, 15) is 4.79 Å². The van der Waals surface area contributed by atoms with Gasteiger partial charge in [0.15, 0.2) is 5.78 Å². The standard InChI is InChI=1S/C8H11BrN2O/c1-6(12)8(2,3)11-5-7(9)4-10-11/h4-5H,1-3H3. The Kier molecular flexibility index (Phi) is 2.37. The fourth-order valence-electron chi connectivity index (χ4n) is 0.768. The van der Waals surface area contributed by atoms with Gasteiger partial charge in [-0.05, 0) is 36.7 Å². The Morgan fingerprint density at radius 2 is 2.25 bits per heavy atom. The van der Waals surface area contributed by atoms with Crippen LogP contribution in [0.4, 0.5) is 0 Å². The smallest absolute Gasteiger partial charge is 0.156 e. The number of Topliss-reactive ketones (excluding diaryl/α,β-unsaturated/α-hetero) is 1. The van der Waals surface area contributed by atoms with E-state index in [1.807, 2.05) is 13.8 Å². The molecule has 0 atom stereocenters. The number of aromatic nitrogens is 2. The molecule has 0 aliphatic carbocycles. The molecule has 0 bridgehead atoms. The molecule has 4 heteroatoms. The Morgan fingerprint density at radius 3 is 2.58 bits per heavy atom. The minimum atomic E-state index is -0.550. The molecule has 0 aliphatic rings. The molecule has 0 saturated heterocycles. The maximum Gasteiger partial charge on any atom is 0.156 e. The molecule has 1 rings (SSSR count). The largest absolute Gasteiger partial charge is 0.297 e. The third-order valence-electron chi connectivity index (χ3n) is 1.99. The summed E-state index contributed by atoms with van der Waals surface area (Å²) in [4.78, 5) is 11.2. The number of hydrogen-bond donors (Lipinski definition) is 0. The van der Waals surface area contributed by atoms with Crippen LogP contribution in [0.15, 0.2) is 16.9 Å². The van der Waals surface area contributed by atoms with E-state index in [4.69, 9.17) is 0 Å². The van der Waals surface area contributed by atoms with E-state index in [1.165, 1.54) is 0 Å². The average molecular weight is 231 g/mol. The Morgan fingerprint density at radius 1 is 1.67 bits per heavy atom. The summed E-state index contributed by atoms with van der Waals surface area (Å²) in [7, 11) is 0. The third kappa shape index (κ3) is 1.58. The highest BCUT2D eigenvalue weighted by Gasteiger charge is 2.26. The molecule has 3 nitrogen and oxygen atoms in total. The van der Waals surface area contributed by atoms with Gasteiger partial charge in [0.05, 0.1) is 10.7 Å². The van der Waals surface area contributed by atoms with Gasteiger partial charge >= 0.3 is 0 Å². The van der Waals surface area contributed by atoms with E-state index in [1.54, 1.807) is 24.0 Å². The van der Waals surface area contributed by atoms with Gasteiger partial charge in [0, 0.05) is 6.20 Å². The molecule has 1 aromatic rings. The van der Waals surface area contributed by atoms with Crippen molar-refractivity contribution < 1.29 is 4.79 Å². The fourth-order valence-corrected chi connectivity index (χ4v) is 1.05. The molecule has 66 valence electrons. The lowest BCUT2D eigenvalue weighted by molar-refractivity contribution is -0.124. The van der Waals surface area contributed by atoms with E-state index < -0.39 is 5.54 Å². The minimum Gasteiger partial charge on any atom is -0.297 e. The second-order valence-electron chi connectivity index (χ2n) is 3.22. The molecule has 0 N–H and O–H groups in total. The molecular weight excluding hydrogens is 220 g/mol. The lowest BCUT2D eigenvalue weighted by Gasteiger charge is -2.21. The van der Waals surface area contributed by atoms with Crippen molar-refractivity contribution >= 4 is 21.7 Å². The van der Waals surface area contributed by atoms with Gasteiger partial charge in [-0.3, -0.25) is 9.48 Å². The van der Waals surface area contributed by atoms with E-state index in [0.29, 0.717) is 0 Å². The van der Waals surface area contributed by atoms with E-state index in [-0.39, 0.29) is 5.78 Å². The molecule has 0 aliphatic heterocycles. The van der Waals surface area contributed by atoms with Crippen LogP contribution in [0.5, 0.6) is 0 Å². The van der Waals surface area contributed by atoms with Crippen molar-refractivity contribution in [1.82, 2.24) is 9.78 Å². The molecule has 0 unspecified atom stereocenters. The molecular formula is C8H11BrN2O. The molecule has 0 amide bonds. The summed E-state index contributed by atoms with van der Waals surface area (Å²) < 4.78 is 2.54. The summed E-state index contributed by atoms with van der Waals surface area (Å²) in [6.07, 6.45) is 3.46. The number of hydrogen-bond acceptors (Lipinski definition) is 2. The van der Waals surface area contributed by atoms with Crippen molar-refractivity contribution in [2.45, 2.75) is 26.3 Å². The topological polar surface area (TPSA) is 34.9 Å². The van der Waals surface area contributed by atoms with Crippen molar-refractivity contribution in [3.8, 4) is 0 Å². The summed E-state index contributed by atoms with van der Waals surface area (Å²) >= 11 is 3.28. The first-order valence-electron chi connectivity index (χ1n) is 3.66.